The minimum atomic E-state index is -0.102. The van der Waals surface area contributed by atoms with Crippen LogP contribution in [0.15, 0.2) is 24.3 Å². The van der Waals surface area contributed by atoms with Gasteiger partial charge in [0.2, 0.25) is 0 Å². The van der Waals surface area contributed by atoms with Crippen LogP contribution in [0.2, 0.25) is 0 Å². The lowest BCUT2D eigenvalue weighted by Gasteiger charge is -2.24. The Labute approximate surface area is 138 Å². The number of benzene rings is 1. The number of carbonyl (C=O) groups is 1. The molecule has 2 N–H and O–H groups in total. The molecule has 1 aliphatic heterocycles. The van der Waals surface area contributed by atoms with Crippen LogP contribution in [0.25, 0.3) is 0 Å². The van der Waals surface area contributed by atoms with Gasteiger partial charge in [-0.15, -0.1) is 0 Å². The zero-order valence-corrected chi connectivity index (χ0v) is 13.7. The third kappa shape index (κ3) is 4.38. The number of rotatable bonds is 5. The number of nitrogens with one attached hydrogen (secondary N) is 1. The summed E-state index contributed by atoms with van der Waals surface area (Å²) in [6.07, 6.45) is 7.18. The number of hydrogen-bond donors (Lipinski definition) is 2. The van der Waals surface area contributed by atoms with Gasteiger partial charge >= 0.3 is 6.03 Å². The van der Waals surface area contributed by atoms with E-state index in [9.17, 15) is 4.79 Å². The van der Waals surface area contributed by atoms with Gasteiger partial charge in [-0.3, -0.25) is 0 Å². The highest BCUT2D eigenvalue weighted by molar-refractivity contribution is 5.90. The Morgan fingerprint density at radius 2 is 1.96 bits per heavy atom. The van der Waals surface area contributed by atoms with E-state index in [0.29, 0.717) is 12.6 Å². The predicted octanol–water partition coefficient (Wildman–Crippen LogP) is 3.06. The van der Waals surface area contributed by atoms with Crippen LogP contribution in [0.5, 0.6) is 0 Å². The number of anilines is 2. The summed E-state index contributed by atoms with van der Waals surface area (Å²) in [5.41, 5.74) is 2.02. The molecule has 0 radical (unpaired) electrons. The number of carbonyl (C=O) groups excluding carboxylic acids is 1. The van der Waals surface area contributed by atoms with E-state index < -0.39 is 0 Å². The van der Waals surface area contributed by atoms with Gasteiger partial charge in [-0.2, -0.15) is 0 Å². The molecule has 5 nitrogen and oxygen atoms in total. The Morgan fingerprint density at radius 1 is 1.22 bits per heavy atom. The molecule has 1 saturated heterocycles. The van der Waals surface area contributed by atoms with E-state index >= 15 is 0 Å². The minimum absolute atomic E-state index is 0.0116. The molecule has 5 heteroatoms. The smallest absolute Gasteiger partial charge is 0.322 e. The number of amides is 2. The largest absolute Gasteiger partial charge is 0.395 e. The van der Waals surface area contributed by atoms with Crippen molar-refractivity contribution in [2.45, 2.75) is 44.6 Å². The van der Waals surface area contributed by atoms with Crippen LogP contribution in [-0.4, -0.2) is 48.3 Å². The van der Waals surface area contributed by atoms with Gasteiger partial charge in [0.15, 0.2) is 0 Å². The zero-order chi connectivity index (χ0) is 16.1. The summed E-state index contributed by atoms with van der Waals surface area (Å²) in [5, 5.41) is 12.1. The van der Waals surface area contributed by atoms with Crippen molar-refractivity contribution < 1.29 is 9.90 Å². The summed E-state index contributed by atoms with van der Waals surface area (Å²) in [6.45, 7) is 2.60. The Hall–Kier alpha value is -1.75. The summed E-state index contributed by atoms with van der Waals surface area (Å²) in [4.78, 5) is 16.6. The molecule has 23 heavy (non-hydrogen) atoms. The van der Waals surface area contributed by atoms with Crippen molar-refractivity contribution in [1.82, 2.24) is 4.90 Å². The predicted molar refractivity (Wildman–Crippen MR) is 93.0 cm³/mol. The summed E-state index contributed by atoms with van der Waals surface area (Å²) >= 11 is 0. The molecule has 1 aromatic rings. The van der Waals surface area contributed by atoms with Crippen LogP contribution < -0.4 is 10.2 Å². The molecular weight excluding hydrogens is 290 g/mol. The van der Waals surface area contributed by atoms with Crippen molar-refractivity contribution >= 4 is 17.4 Å². The van der Waals surface area contributed by atoms with Crippen LogP contribution in [0, 0.1) is 0 Å². The van der Waals surface area contributed by atoms with Crippen molar-refractivity contribution in [3.05, 3.63) is 24.3 Å². The second kappa shape index (κ2) is 7.68. The Morgan fingerprint density at radius 3 is 2.61 bits per heavy atom. The molecule has 1 saturated carbocycles. The fourth-order valence-corrected chi connectivity index (χ4v) is 3.25. The van der Waals surface area contributed by atoms with Gasteiger partial charge in [0.1, 0.15) is 0 Å². The maximum absolute atomic E-state index is 12.4. The molecule has 2 aliphatic rings. The fraction of sp³-hybridized carbons (Fsp3) is 0.611. The van der Waals surface area contributed by atoms with Gasteiger partial charge in [-0.1, -0.05) is 18.9 Å². The molecule has 126 valence electrons. The second-order valence-corrected chi connectivity index (χ2v) is 6.53. The maximum atomic E-state index is 12.4. The highest BCUT2D eigenvalue weighted by Gasteiger charge is 2.32. The molecule has 0 atom stereocenters. The normalized spacial score (nSPS) is 18.4. The number of aliphatic hydroxyl groups is 1. The summed E-state index contributed by atoms with van der Waals surface area (Å²) < 4.78 is 0. The number of hydrogen-bond acceptors (Lipinski definition) is 3. The van der Waals surface area contributed by atoms with Gasteiger partial charge in [0.25, 0.3) is 0 Å². The van der Waals surface area contributed by atoms with E-state index in [1.165, 1.54) is 31.4 Å². The number of nitrogens with zero attached hydrogens (tertiary/aromatic N) is 2. The molecule has 0 spiro atoms. The van der Waals surface area contributed by atoms with E-state index in [1.54, 1.807) is 4.90 Å². The molecule has 0 bridgehead atoms. The van der Waals surface area contributed by atoms with Crippen LogP contribution in [-0.2, 0) is 0 Å². The molecule has 0 unspecified atom stereocenters. The Balaban J connectivity index is 1.65. The van der Waals surface area contributed by atoms with Gasteiger partial charge in [-0.25, -0.2) is 4.79 Å². The van der Waals surface area contributed by atoms with Crippen LogP contribution in [0.4, 0.5) is 16.2 Å². The summed E-state index contributed by atoms with van der Waals surface area (Å²) in [6, 6.07) is 8.32. The van der Waals surface area contributed by atoms with Crippen LogP contribution in [0.3, 0.4) is 0 Å². The molecule has 1 aliphatic carbocycles. The molecule has 0 aromatic heterocycles. The number of urea groups is 1. The first-order chi connectivity index (χ1) is 11.3. The summed E-state index contributed by atoms with van der Waals surface area (Å²) in [5.74, 6) is 0. The minimum Gasteiger partial charge on any atom is -0.395 e. The second-order valence-electron chi connectivity index (χ2n) is 6.53. The number of aliphatic hydroxyl groups excluding tert-OH is 1. The fourth-order valence-electron chi connectivity index (χ4n) is 3.25. The van der Waals surface area contributed by atoms with E-state index in [2.05, 4.69) is 22.3 Å². The summed E-state index contributed by atoms with van der Waals surface area (Å²) in [7, 11) is 0. The van der Waals surface area contributed by atoms with Crippen molar-refractivity contribution in [2.75, 3.05) is 36.5 Å². The van der Waals surface area contributed by atoms with Crippen molar-refractivity contribution in [3.63, 3.8) is 0 Å². The van der Waals surface area contributed by atoms with Crippen molar-refractivity contribution in [1.29, 1.82) is 0 Å². The highest BCUT2D eigenvalue weighted by Crippen LogP contribution is 2.28. The third-order valence-electron chi connectivity index (χ3n) is 4.66. The zero-order valence-electron chi connectivity index (χ0n) is 13.7. The lowest BCUT2D eigenvalue weighted by Crippen LogP contribution is -2.38. The van der Waals surface area contributed by atoms with E-state index in [1.807, 2.05) is 12.1 Å². The highest BCUT2D eigenvalue weighted by atomic mass is 16.3. The lowest BCUT2D eigenvalue weighted by atomic mass is 10.2. The van der Waals surface area contributed by atoms with E-state index in [4.69, 9.17) is 5.11 Å². The first kappa shape index (κ1) is 16.1. The molecule has 1 aromatic carbocycles. The van der Waals surface area contributed by atoms with Crippen molar-refractivity contribution in [3.8, 4) is 0 Å². The van der Waals surface area contributed by atoms with Gasteiger partial charge in [0, 0.05) is 37.1 Å². The average molecular weight is 317 g/mol. The standard InChI is InChI=1S/C18H27N3O2/c22-13-12-21(16-8-9-16)18(23)19-15-6-5-7-17(14-15)20-10-3-1-2-4-11-20/h5-7,14,16,22H,1-4,8-13H2,(H,19,23). The van der Waals surface area contributed by atoms with Crippen molar-refractivity contribution in [2.24, 2.45) is 0 Å². The monoisotopic (exact) mass is 317 g/mol. The molecule has 2 amide bonds. The quantitative estimate of drug-likeness (QED) is 0.877. The topological polar surface area (TPSA) is 55.8 Å². The van der Waals surface area contributed by atoms with Crippen LogP contribution in [0.1, 0.15) is 38.5 Å². The first-order valence-corrected chi connectivity index (χ1v) is 8.81. The Bertz CT molecular complexity index is 523. The maximum Gasteiger partial charge on any atom is 0.322 e. The van der Waals surface area contributed by atoms with Gasteiger partial charge in [0.05, 0.1) is 6.61 Å². The third-order valence-corrected chi connectivity index (χ3v) is 4.66. The van der Waals surface area contributed by atoms with Crippen LogP contribution >= 0.6 is 0 Å². The molecule has 2 fully saturated rings. The van der Waals surface area contributed by atoms with E-state index in [-0.39, 0.29) is 12.6 Å². The molecule has 1 heterocycles. The van der Waals surface area contributed by atoms with E-state index in [0.717, 1.165) is 31.6 Å². The van der Waals surface area contributed by atoms with Gasteiger partial charge in [-0.05, 0) is 43.9 Å². The SMILES string of the molecule is O=C(Nc1cccc(N2CCCCCC2)c1)N(CCO)C1CC1. The first-order valence-electron chi connectivity index (χ1n) is 8.81. The lowest BCUT2D eigenvalue weighted by molar-refractivity contribution is 0.185. The Kier molecular flexibility index (Phi) is 5.39. The average Bonchev–Trinajstić information content (AvgIpc) is 3.39. The molecule has 3 rings (SSSR count). The molecular formula is C18H27N3O2. The van der Waals surface area contributed by atoms with Gasteiger partial charge < -0.3 is 20.2 Å².